The Morgan fingerprint density at radius 3 is 1.67 bits per heavy atom. The van der Waals surface area contributed by atoms with Gasteiger partial charge in [0.25, 0.3) is 10.4 Å². The van der Waals surface area contributed by atoms with E-state index in [0.717, 1.165) is 0 Å². The normalized spacial score (nSPS) is 11.0. The molecule has 0 radical (unpaired) electrons. The number of aromatic amines is 2. The molecule has 0 amide bonds. The van der Waals surface area contributed by atoms with Crippen molar-refractivity contribution in [2.24, 2.45) is 10.4 Å². The van der Waals surface area contributed by atoms with Crippen molar-refractivity contribution in [1.29, 1.82) is 0 Å². The zero-order chi connectivity index (χ0) is 8.23. The van der Waals surface area contributed by atoms with Crippen molar-refractivity contribution in [2.75, 3.05) is 0 Å². The lowest BCUT2D eigenvalue weighted by Gasteiger charge is -1.69. The minimum atomic E-state index is 1.57. The third-order valence-corrected chi connectivity index (χ3v) is 1.31. The average molecular weight is 164 g/mol. The first kappa shape index (κ1) is 6.71. The molecule has 2 aromatic heterocycles. The van der Waals surface area contributed by atoms with Gasteiger partial charge in [0.1, 0.15) is 12.4 Å². The van der Waals surface area contributed by atoms with Crippen LogP contribution < -0.4 is 9.35 Å². The van der Waals surface area contributed by atoms with Crippen LogP contribution in [0.5, 0.6) is 0 Å². The number of rotatable bonds is 2. The fourth-order valence-corrected chi connectivity index (χ4v) is 0.767. The SMILES string of the molecule is c1c[n+](N=N[n+]2cc[nH]c2)c[nH]1. The molecule has 0 spiro atoms. The summed E-state index contributed by atoms with van der Waals surface area (Å²) < 4.78 is 3.14. The molecule has 2 N–H and O–H groups in total. The van der Waals surface area contributed by atoms with Crippen molar-refractivity contribution >= 4 is 0 Å². The Labute approximate surface area is 68.2 Å². The molecule has 0 unspecified atom stereocenters. The molecule has 2 heterocycles. The van der Waals surface area contributed by atoms with E-state index in [1.54, 1.807) is 46.8 Å². The number of hydrogen-bond acceptors (Lipinski definition) is 2. The van der Waals surface area contributed by atoms with Gasteiger partial charge in [-0.25, -0.2) is 0 Å². The van der Waals surface area contributed by atoms with Gasteiger partial charge < -0.3 is 0 Å². The lowest BCUT2D eigenvalue weighted by molar-refractivity contribution is -0.744. The predicted molar refractivity (Wildman–Crippen MR) is 37.6 cm³/mol. The highest BCUT2D eigenvalue weighted by Gasteiger charge is 1.99. The summed E-state index contributed by atoms with van der Waals surface area (Å²) in [6.45, 7) is 0. The van der Waals surface area contributed by atoms with Crippen LogP contribution in [0.1, 0.15) is 0 Å². The van der Waals surface area contributed by atoms with Gasteiger partial charge in [-0.05, 0) is 9.35 Å². The third kappa shape index (κ3) is 1.36. The highest BCUT2D eigenvalue weighted by Crippen LogP contribution is 1.71. The molecular formula is C6H8N6+2. The second-order valence-electron chi connectivity index (χ2n) is 2.16. The Morgan fingerprint density at radius 2 is 1.33 bits per heavy atom. The average Bonchev–Trinajstić information content (AvgIpc) is 2.74. The van der Waals surface area contributed by atoms with E-state index in [0.29, 0.717) is 0 Å². The van der Waals surface area contributed by atoms with E-state index in [2.05, 4.69) is 20.4 Å². The van der Waals surface area contributed by atoms with E-state index in [4.69, 9.17) is 0 Å². The summed E-state index contributed by atoms with van der Waals surface area (Å²) in [5.41, 5.74) is 0. The zero-order valence-electron chi connectivity index (χ0n) is 6.25. The summed E-state index contributed by atoms with van der Waals surface area (Å²) >= 11 is 0. The second-order valence-corrected chi connectivity index (χ2v) is 2.16. The molecule has 6 nitrogen and oxygen atoms in total. The topological polar surface area (TPSA) is 64.1 Å². The molecule has 0 aliphatic carbocycles. The van der Waals surface area contributed by atoms with Crippen LogP contribution in [0.15, 0.2) is 47.9 Å². The molecule has 0 fully saturated rings. The molecule has 0 atom stereocenters. The van der Waals surface area contributed by atoms with Crippen LogP contribution in [0.25, 0.3) is 0 Å². The number of hydrogen-bond donors (Lipinski definition) is 2. The lowest BCUT2D eigenvalue weighted by atomic mass is 11.0. The van der Waals surface area contributed by atoms with Crippen molar-refractivity contribution in [3.05, 3.63) is 37.4 Å². The molecule has 0 aromatic carbocycles. The molecule has 2 rings (SSSR count). The minimum Gasteiger partial charge on any atom is -0.280 e. The second kappa shape index (κ2) is 2.95. The van der Waals surface area contributed by atoms with Gasteiger partial charge in [0.05, 0.1) is 12.4 Å². The molecule has 0 aliphatic rings. The van der Waals surface area contributed by atoms with Gasteiger partial charge >= 0.3 is 0 Å². The fourth-order valence-electron chi connectivity index (χ4n) is 0.767. The smallest absolute Gasteiger partial charge is 0.251 e. The highest BCUT2D eigenvalue weighted by molar-refractivity contribution is 4.55. The summed E-state index contributed by atoms with van der Waals surface area (Å²) in [6, 6.07) is 0. The molecule has 12 heavy (non-hydrogen) atoms. The Balaban J connectivity index is 2.14. The third-order valence-electron chi connectivity index (χ3n) is 1.31. The van der Waals surface area contributed by atoms with Crippen molar-refractivity contribution < 1.29 is 9.35 Å². The molecular weight excluding hydrogens is 156 g/mol. The van der Waals surface area contributed by atoms with Gasteiger partial charge in [-0.3, -0.25) is 9.97 Å². The number of aromatic nitrogens is 4. The van der Waals surface area contributed by atoms with E-state index < -0.39 is 0 Å². The van der Waals surface area contributed by atoms with Crippen LogP contribution in [0.3, 0.4) is 0 Å². The summed E-state index contributed by atoms with van der Waals surface area (Å²) in [4.78, 5) is 5.70. The summed E-state index contributed by atoms with van der Waals surface area (Å²) in [7, 11) is 0. The largest absolute Gasteiger partial charge is 0.280 e. The van der Waals surface area contributed by atoms with Gasteiger partial charge in [-0.15, -0.1) is 0 Å². The Morgan fingerprint density at radius 1 is 0.833 bits per heavy atom. The van der Waals surface area contributed by atoms with E-state index in [1.807, 2.05) is 0 Å². The number of H-pyrrole nitrogens is 2. The first-order valence-corrected chi connectivity index (χ1v) is 3.45. The molecule has 0 aliphatic heterocycles. The van der Waals surface area contributed by atoms with E-state index in [9.17, 15) is 0 Å². The fraction of sp³-hybridized carbons (Fsp3) is 0. The van der Waals surface area contributed by atoms with Crippen LogP contribution in [-0.2, 0) is 0 Å². The van der Waals surface area contributed by atoms with Crippen molar-refractivity contribution in [1.82, 2.24) is 9.97 Å². The monoisotopic (exact) mass is 164 g/mol. The summed E-state index contributed by atoms with van der Waals surface area (Å²) in [6.07, 6.45) is 10.4. The maximum absolute atomic E-state index is 3.86. The van der Waals surface area contributed by atoms with Gasteiger partial charge in [-0.2, -0.15) is 0 Å². The van der Waals surface area contributed by atoms with E-state index >= 15 is 0 Å². The van der Waals surface area contributed by atoms with Crippen molar-refractivity contribution in [3.8, 4) is 0 Å². The van der Waals surface area contributed by atoms with Crippen molar-refractivity contribution in [2.45, 2.75) is 0 Å². The molecule has 0 saturated heterocycles. The molecule has 60 valence electrons. The lowest BCUT2D eigenvalue weighted by Crippen LogP contribution is -2.29. The van der Waals surface area contributed by atoms with Crippen LogP contribution in [0.4, 0.5) is 0 Å². The number of imidazole rings is 2. The first-order valence-electron chi connectivity index (χ1n) is 3.45. The maximum Gasteiger partial charge on any atom is 0.251 e. The Hall–Kier alpha value is -1.98. The summed E-state index contributed by atoms with van der Waals surface area (Å²) in [5, 5.41) is 7.72. The Kier molecular flexibility index (Phi) is 1.65. The van der Waals surface area contributed by atoms with Crippen LogP contribution >= 0.6 is 0 Å². The molecule has 0 bridgehead atoms. The first-order chi connectivity index (χ1) is 5.95. The van der Waals surface area contributed by atoms with Gasteiger partial charge in [0, 0.05) is 0 Å². The predicted octanol–water partition coefficient (Wildman–Crippen LogP) is -0.404. The van der Waals surface area contributed by atoms with Gasteiger partial charge in [0.15, 0.2) is 0 Å². The quantitative estimate of drug-likeness (QED) is 0.448. The Bertz CT molecular complexity index is 309. The molecule has 2 aromatic rings. The van der Waals surface area contributed by atoms with Crippen LogP contribution in [0.2, 0.25) is 0 Å². The van der Waals surface area contributed by atoms with Crippen LogP contribution in [0, 0.1) is 0 Å². The minimum absolute atomic E-state index is 1.57. The number of nitrogens with one attached hydrogen (secondary N) is 2. The van der Waals surface area contributed by atoms with Crippen molar-refractivity contribution in [3.63, 3.8) is 0 Å². The maximum atomic E-state index is 3.86. The standard InChI is InChI=1S/C6H6N6/c1-3-11(5-7-1)9-10-12-4-2-8-6-12/h1-6H/p+2. The van der Waals surface area contributed by atoms with Gasteiger partial charge in [-0.1, -0.05) is 0 Å². The van der Waals surface area contributed by atoms with Gasteiger partial charge in [0.2, 0.25) is 12.7 Å². The summed E-state index contributed by atoms with van der Waals surface area (Å²) in [5.74, 6) is 0. The van der Waals surface area contributed by atoms with E-state index in [1.165, 1.54) is 0 Å². The highest BCUT2D eigenvalue weighted by atomic mass is 15.6. The van der Waals surface area contributed by atoms with Crippen LogP contribution in [-0.4, -0.2) is 9.97 Å². The molecule has 6 heteroatoms. The number of nitrogens with zero attached hydrogens (tertiary/aromatic N) is 4. The molecule has 0 saturated carbocycles. The van der Waals surface area contributed by atoms with E-state index in [-0.39, 0.29) is 0 Å². The zero-order valence-corrected chi connectivity index (χ0v) is 6.25.